The zero-order valence-electron chi connectivity index (χ0n) is 11.3. The molecule has 1 aromatic carbocycles. The van der Waals surface area contributed by atoms with Gasteiger partial charge in [0.2, 0.25) is 0 Å². The minimum Gasteiger partial charge on any atom is -0.330 e. The highest BCUT2D eigenvalue weighted by atomic mass is 32.2. The van der Waals surface area contributed by atoms with Gasteiger partial charge in [0.25, 0.3) is 0 Å². The summed E-state index contributed by atoms with van der Waals surface area (Å²) in [5.74, 6) is 0. The Morgan fingerprint density at radius 1 is 1.28 bits per heavy atom. The van der Waals surface area contributed by atoms with E-state index in [4.69, 9.17) is 5.73 Å². The molecule has 1 saturated heterocycles. The Kier molecular flexibility index (Phi) is 5.54. The zero-order chi connectivity index (χ0) is 12.8. The molecule has 3 heteroatoms. The number of likely N-dealkylation sites (tertiary alicyclic amines) is 1. The average molecular weight is 264 g/mol. The second kappa shape index (κ2) is 7.17. The van der Waals surface area contributed by atoms with Crippen LogP contribution in [0.1, 0.15) is 31.2 Å². The first kappa shape index (κ1) is 13.9. The number of hydrogen-bond acceptors (Lipinski definition) is 3. The van der Waals surface area contributed by atoms with Gasteiger partial charge in [-0.2, -0.15) is 0 Å². The van der Waals surface area contributed by atoms with Crippen molar-refractivity contribution in [3.8, 4) is 0 Å². The molecule has 1 fully saturated rings. The minimum absolute atomic E-state index is 0.698. The highest BCUT2D eigenvalue weighted by Gasteiger charge is 2.21. The Morgan fingerprint density at radius 2 is 2.06 bits per heavy atom. The third-order valence-electron chi connectivity index (χ3n) is 3.79. The predicted molar refractivity (Wildman–Crippen MR) is 79.9 cm³/mol. The molecule has 0 radical (unpaired) electrons. The number of piperidine rings is 1. The number of nitrogens with two attached hydrogens (primary N) is 1. The number of hydrogen-bond donors (Lipinski definition) is 1. The Labute approximate surface area is 115 Å². The van der Waals surface area contributed by atoms with Crippen molar-refractivity contribution in [2.75, 3.05) is 19.3 Å². The molecule has 0 aromatic heterocycles. The largest absolute Gasteiger partial charge is 0.330 e. The molecule has 1 aliphatic heterocycles. The fraction of sp³-hybridized carbons (Fsp3) is 0.600. The molecule has 1 aromatic rings. The topological polar surface area (TPSA) is 29.3 Å². The Morgan fingerprint density at radius 3 is 2.72 bits per heavy atom. The van der Waals surface area contributed by atoms with E-state index < -0.39 is 0 Å². The van der Waals surface area contributed by atoms with Crippen molar-refractivity contribution >= 4 is 11.8 Å². The van der Waals surface area contributed by atoms with Crippen LogP contribution in [0.4, 0.5) is 0 Å². The predicted octanol–water partition coefficient (Wildman–Crippen LogP) is 3.11. The van der Waals surface area contributed by atoms with Crippen molar-refractivity contribution < 1.29 is 0 Å². The fourth-order valence-electron chi connectivity index (χ4n) is 2.75. The van der Waals surface area contributed by atoms with Crippen LogP contribution in [0.2, 0.25) is 0 Å². The molecule has 0 saturated carbocycles. The van der Waals surface area contributed by atoms with Crippen molar-refractivity contribution in [2.45, 2.75) is 43.2 Å². The van der Waals surface area contributed by atoms with Crippen LogP contribution >= 0.6 is 11.8 Å². The van der Waals surface area contributed by atoms with E-state index in [1.54, 1.807) is 11.8 Å². The molecule has 0 amide bonds. The zero-order valence-corrected chi connectivity index (χ0v) is 12.1. The van der Waals surface area contributed by atoms with Crippen LogP contribution in [0.3, 0.4) is 0 Å². The van der Waals surface area contributed by atoms with Crippen LogP contribution in [0, 0.1) is 0 Å². The van der Waals surface area contributed by atoms with Gasteiger partial charge in [-0.25, -0.2) is 0 Å². The van der Waals surface area contributed by atoms with Crippen LogP contribution in [0.25, 0.3) is 0 Å². The molecule has 18 heavy (non-hydrogen) atoms. The Hall–Kier alpha value is -0.510. The summed E-state index contributed by atoms with van der Waals surface area (Å²) in [7, 11) is 0. The van der Waals surface area contributed by atoms with Crippen molar-refractivity contribution in [3.05, 3.63) is 29.8 Å². The smallest absolute Gasteiger partial charge is 0.0236 e. The van der Waals surface area contributed by atoms with Gasteiger partial charge in [0.05, 0.1) is 0 Å². The third kappa shape index (κ3) is 3.74. The second-order valence-corrected chi connectivity index (χ2v) is 5.93. The number of benzene rings is 1. The fourth-order valence-corrected chi connectivity index (χ4v) is 3.16. The molecule has 1 unspecified atom stereocenters. The first-order chi connectivity index (χ1) is 8.83. The highest BCUT2D eigenvalue weighted by molar-refractivity contribution is 7.98. The standard InChI is InChI=1S/C15H24N2S/c1-18-15-7-5-13(6-8-15)12-17-11-3-2-4-14(17)9-10-16/h5-8,14H,2-4,9-12,16H2,1H3. The number of nitrogens with zero attached hydrogens (tertiary/aromatic N) is 1. The van der Waals surface area contributed by atoms with Crippen LogP contribution in [-0.4, -0.2) is 30.3 Å². The minimum atomic E-state index is 0.698. The number of rotatable bonds is 5. The van der Waals surface area contributed by atoms with E-state index in [-0.39, 0.29) is 0 Å². The summed E-state index contributed by atoms with van der Waals surface area (Å²) < 4.78 is 0. The van der Waals surface area contributed by atoms with Gasteiger partial charge in [-0.1, -0.05) is 18.6 Å². The third-order valence-corrected chi connectivity index (χ3v) is 4.54. The molecule has 0 spiro atoms. The van der Waals surface area contributed by atoms with E-state index in [2.05, 4.69) is 35.4 Å². The lowest BCUT2D eigenvalue weighted by molar-refractivity contribution is 0.134. The summed E-state index contributed by atoms with van der Waals surface area (Å²) >= 11 is 1.80. The molecule has 1 aliphatic rings. The summed E-state index contributed by atoms with van der Waals surface area (Å²) in [5.41, 5.74) is 7.15. The van der Waals surface area contributed by atoms with E-state index in [0.29, 0.717) is 6.04 Å². The van der Waals surface area contributed by atoms with Crippen LogP contribution in [-0.2, 0) is 6.54 Å². The first-order valence-corrected chi connectivity index (χ1v) is 8.13. The Bertz CT molecular complexity index is 348. The van der Waals surface area contributed by atoms with Gasteiger partial charge in [-0.05, 0) is 56.3 Å². The summed E-state index contributed by atoms with van der Waals surface area (Å²) in [5, 5.41) is 0. The van der Waals surface area contributed by atoms with E-state index in [0.717, 1.165) is 19.5 Å². The average Bonchev–Trinajstić information content (AvgIpc) is 2.42. The Balaban J connectivity index is 1.96. The highest BCUT2D eigenvalue weighted by Crippen LogP contribution is 2.22. The lowest BCUT2D eigenvalue weighted by atomic mass is 9.98. The van der Waals surface area contributed by atoms with Crippen LogP contribution in [0.5, 0.6) is 0 Å². The lowest BCUT2D eigenvalue weighted by Crippen LogP contribution is -2.40. The molecule has 2 rings (SSSR count). The summed E-state index contributed by atoms with van der Waals surface area (Å²) in [6, 6.07) is 9.67. The quantitative estimate of drug-likeness (QED) is 0.829. The van der Waals surface area contributed by atoms with E-state index in [1.807, 2.05) is 0 Å². The van der Waals surface area contributed by atoms with E-state index in [1.165, 1.54) is 36.3 Å². The van der Waals surface area contributed by atoms with Crippen LogP contribution < -0.4 is 5.73 Å². The second-order valence-electron chi connectivity index (χ2n) is 5.05. The van der Waals surface area contributed by atoms with E-state index in [9.17, 15) is 0 Å². The van der Waals surface area contributed by atoms with Crippen molar-refractivity contribution in [2.24, 2.45) is 5.73 Å². The number of thioether (sulfide) groups is 1. The first-order valence-electron chi connectivity index (χ1n) is 6.90. The van der Waals surface area contributed by atoms with Gasteiger partial charge in [0, 0.05) is 17.5 Å². The SMILES string of the molecule is CSc1ccc(CN2CCCCC2CCN)cc1. The molecule has 0 bridgehead atoms. The molecule has 2 N–H and O–H groups in total. The van der Waals surface area contributed by atoms with Crippen molar-refractivity contribution in [1.29, 1.82) is 0 Å². The van der Waals surface area contributed by atoms with Gasteiger partial charge in [0.1, 0.15) is 0 Å². The van der Waals surface area contributed by atoms with Gasteiger partial charge < -0.3 is 5.73 Å². The van der Waals surface area contributed by atoms with Gasteiger partial charge in [-0.15, -0.1) is 11.8 Å². The molecule has 2 nitrogen and oxygen atoms in total. The van der Waals surface area contributed by atoms with Gasteiger partial charge in [0.15, 0.2) is 0 Å². The lowest BCUT2D eigenvalue weighted by Gasteiger charge is -2.35. The summed E-state index contributed by atoms with van der Waals surface area (Å²) in [6.45, 7) is 3.13. The summed E-state index contributed by atoms with van der Waals surface area (Å²) in [6.07, 6.45) is 7.29. The molecule has 0 aliphatic carbocycles. The normalized spacial score (nSPS) is 21.1. The van der Waals surface area contributed by atoms with Gasteiger partial charge >= 0.3 is 0 Å². The molecule has 1 heterocycles. The van der Waals surface area contributed by atoms with E-state index >= 15 is 0 Å². The monoisotopic (exact) mass is 264 g/mol. The molecule has 100 valence electrons. The van der Waals surface area contributed by atoms with Crippen molar-refractivity contribution in [1.82, 2.24) is 4.90 Å². The van der Waals surface area contributed by atoms with Crippen molar-refractivity contribution in [3.63, 3.8) is 0 Å². The summed E-state index contributed by atoms with van der Waals surface area (Å²) in [4.78, 5) is 3.96. The van der Waals surface area contributed by atoms with Crippen LogP contribution in [0.15, 0.2) is 29.2 Å². The molecular formula is C15H24N2S. The maximum atomic E-state index is 5.72. The maximum Gasteiger partial charge on any atom is 0.0236 e. The van der Waals surface area contributed by atoms with Gasteiger partial charge in [-0.3, -0.25) is 4.90 Å². The maximum absolute atomic E-state index is 5.72. The molecule has 1 atom stereocenters. The molecular weight excluding hydrogens is 240 g/mol.